The van der Waals surface area contributed by atoms with E-state index in [2.05, 4.69) is 12.2 Å². The molecule has 1 saturated heterocycles. The molecule has 1 aromatic carbocycles. The quantitative estimate of drug-likeness (QED) is 0.258. The Morgan fingerprint density at radius 3 is 2.25 bits per heavy atom. The lowest BCUT2D eigenvalue weighted by molar-refractivity contribution is -0.141. The van der Waals surface area contributed by atoms with Crippen molar-refractivity contribution in [3.8, 4) is 5.75 Å². The van der Waals surface area contributed by atoms with Gasteiger partial charge in [-0.05, 0) is 49.1 Å². The lowest BCUT2D eigenvalue weighted by Crippen LogP contribution is -2.40. The van der Waals surface area contributed by atoms with Crippen molar-refractivity contribution in [1.29, 1.82) is 0 Å². The van der Waals surface area contributed by atoms with Gasteiger partial charge in [-0.15, -0.1) is 0 Å². The summed E-state index contributed by atoms with van der Waals surface area (Å²) in [5.41, 5.74) is 0.331. The predicted octanol–water partition coefficient (Wildman–Crippen LogP) is 2.24. The highest BCUT2D eigenvalue weighted by molar-refractivity contribution is 6.06. The van der Waals surface area contributed by atoms with Gasteiger partial charge in [0.2, 0.25) is 11.8 Å². The van der Waals surface area contributed by atoms with Gasteiger partial charge >= 0.3 is 5.97 Å². The first-order valence-corrected chi connectivity index (χ1v) is 9.81. The number of esters is 1. The number of hydrogen-bond acceptors (Lipinski definition) is 5. The van der Waals surface area contributed by atoms with Crippen molar-refractivity contribution in [3.63, 3.8) is 0 Å². The smallest absolute Gasteiger partial charge is 0.313 e. The van der Waals surface area contributed by atoms with Gasteiger partial charge in [-0.1, -0.05) is 24.3 Å². The Bertz CT molecular complexity index is 899. The van der Waals surface area contributed by atoms with Crippen molar-refractivity contribution in [1.82, 2.24) is 4.90 Å². The Morgan fingerprint density at radius 2 is 1.64 bits per heavy atom. The zero-order chi connectivity index (χ0) is 19.6. The van der Waals surface area contributed by atoms with Crippen LogP contribution in [-0.2, 0) is 14.4 Å². The Balaban J connectivity index is 1.26. The molecule has 0 radical (unpaired) electrons. The molecule has 144 valence electrons. The second-order valence-electron chi connectivity index (χ2n) is 8.26. The van der Waals surface area contributed by atoms with Gasteiger partial charge in [0.25, 0.3) is 0 Å². The maximum Gasteiger partial charge on any atom is 0.313 e. The summed E-state index contributed by atoms with van der Waals surface area (Å²) < 4.78 is 5.31. The third-order valence-electron chi connectivity index (χ3n) is 6.78. The fourth-order valence-electron chi connectivity index (χ4n) is 5.46. The van der Waals surface area contributed by atoms with E-state index in [1.807, 2.05) is 0 Å². The summed E-state index contributed by atoms with van der Waals surface area (Å²) in [7, 11) is 0. The van der Waals surface area contributed by atoms with E-state index >= 15 is 0 Å². The van der Waals surface area contributed by atoms with E-state index in [0.717, 1.165) is 6.42 Å². The van der Waals surface area contributed by atoms with Crippen molar-refractivity contribution < 1.29 is 23.9 Å². The molecule has 6 rings (SSSR count). The van der Waals surface area contributed by atoms with E-state index in [1.165, 1.54) is 11.8 Å². The van der Waals surface area contributed by atoms with E-state index in [-0.39, 0.29) is 60.0 Å². The number of ether oxygens (including phenoxy) is 1. The Labute approximate surface area is 162 Å². The van der Waals surface area contributed by atoms with Gasteiger partial charge < -0.3 is 4.74 Å². The molecule has 28 heavy (non-hydrogen) atoms. The van der Waals surface area contributed by atoms with Crippen LogP contribution in [0.5, 0.6) is 5.75 Å². The monoisotopic (exact) mass is 379 g/mol. The summed E-state index contributed by atoms with van der Waals surface area (Å²) in [6.45, 7) is 1.43. The van der Waals surface area contributed by atoms with Crippen LogP contribution in [-0.4, -0.2) is 35.0 Å². The van der Waals surface area contributed by atoms with Gasteiger partial charge in [0.05, 0.1) is 23.8 Å². The van der Waals surface area contributed by atoms with Crippen molar-refractivity contribution >= 4 is 23.6 Å². The molecule has 3 fully saturated rings. The van der Waals surface area contributed by atoms with Gasteiger partial charge in [-0.25, -0.2) is 0 Å². The fourth-order valence-corrected chi connectivity index (χ4v) is 5.46. The summed E-state index contributed by atoms with van der Waals surface area (Å²) in [5.74, 6) is 0.130. The van der Waals surface area contributed by atoms with Gasteiger partial charge in [0.1, 0.15) is 5.75 Å². The van der Waals surface area contributed by atoms with Crippen LogP contribution in [0.15, 0.2) is 36.4 Å². The third kappa shape index (κ3) is 2.47. The zero-order valence-corrected chi connectivity index (χ0v) is 15.5. The van der Waals surface area contributed by atoms with Crippen molar-refractivity contribution in [3.05, 3.63) is 42.0 Å². The van der Waals surface area contributed by atoms with Crippen LogP contribution in [0.25, 0.3) is 0 Å². The van der Waals surface area contributed by atoms with Crippen molar-refractivity contribution in [2.45, 2.75) is 19.8 Å². The molecule has 6 heteroatoms. The number of allylic oxidation sites excluding steroid dienone is 2. The number of nitrogens with zero attached hydrogens (tertiary/aromatic N) is 1. The predicted molar refractivity (Wildman–Crippen MR) is 98.1 cm³/mol. The van der Waals surface area contributed by atoms with E-state index in [0.29, 0.717) is 17.4 Å². The maximum atomic E-state index is 12.9. The van der Waals surface area contributed by atoms with E-state index < -0.39 is 5.97 Å². The molecule has 1 heterocycles. The lowest BCUT2D eigenvalue weighted by Gasteiger charge is -2.37. The van der Waals surface area contributed by atoms with Gasteiger partial charge in [0.15, 0.2) is 5.78 Å². The van der Waals surface area contributed by atoms with Crippen molar-refractivity contribution in [2.75, 3.05) is 6.54 Å². The molecular formula is C22H21NO5. The highest BCUT2D eigenvalue weighted by Gasteiger charge is 2.66. The summed E-state index contributed by atoms with van der Waals surface area (Å²) in [4.78, 5) is 51.0. The summed E-state index contributed by atoms with van der Waals surface area (Å²) in [5, 5.41) is 0. The van der Waals surface area contributed by atoms with Crippen LogP contribution in [0, 0.1) is 35.5 Å². The topological polar surface area (TPSA) is 80.8 Å². The first-order valence-electron chi connectivity index (χ1n) is 9.81. The number of likely N-dealkylation sites (tertiary alicyclic amines) is 1. The highest BCUT2D eigenvalue weighted by Crippen LogP contribution is 2.65. The van der Waals surface area contributed by atoms with E-state index in [9.17, 15) is 19.2 Å². The number of amides is 2. The summed E-state index contributed by atoms with van der Waals surface area (Å²) in [6, 6.07) is 6.54. The minimum atomic E-state index is -0.562. The minimum absolute atomic E-state index is 0.0283. The number of ketones is 1. The zero-order valence-electron chi connectivity index (χ0n) is 15.5. The number of para-hydroxylation sites is 1. The van der Waals surface area contributed by atoms with Crippen LogP contribution >= 0.6 is 0 Å². The van der Waals surface area contributed by atoms with Gasteiger partial charge in [-0.3, -0.25) is 24.1 Å². The molecule has 2 saturated carbocycles. The number of carbonyl (C=O) groups is 4. The standard InChI is InChI=1S/C22H21NO5/c1-11(24)12-4-2-3-5-17(12)28-18(25)8-9-23-21(26)19-13-6-7-14(16-10-15(13)16)20(19)22(23)27/h2-7,13-16,19-20H,8-10H2,1H3/t13-,14-,15-,16-,19+,20+/m0/s1. The Hall–Kier alpha value is -2.76. The van der Waals surface area contributed by atoms with Crippen LogP contribution in [0.1, 0.15) is 30.1 Å². The molecule has 0 unspecified atom stereocenters. The largest absolute Gasteiger partial charge is 0.426 e. The molecule has 0 aromatic heterocycles. The number of carbonyl (C=O) groups excluding carboxylic acids is 4. The molecule has 1 aromatic rings. The van der Waals surface area contributed by atoms with E-state index in [4.69, 9.17) is 4.74 Å². The molecule has 0 N–H and O–H groups in total. The Kier molecular flexibility index (Phi) is 3.79. The number of rotatable bonds is 5. The normalized spacial score (nSPS) is 34.2. The van der Waals surface area contributed by atoms with Crippen LogP contribution < -0.4 is 4.74 Å². The molecular weight excluding hydrogens is 358 g/mol. The average molecular weight is 379 g/mol. The minimum Gasteiger partial charge on any atom is -0.426 e. The molecule has 1 aliphatic heterocycles. The van der Waals surface area contributed by atoms with E-state index in [1.54, 1.807) is 24.3 Å². The molecule has 0 spiro atoms. The first kappa shape index (κ1) is 17.3. The van der Waals surface area contributed by atoms with Gasteiger partial charge in [-0.2, -0.15) is 0 Å². The lowest BCUT2D eigenvalue weighted by atomic mass is 9.63. The fraction of sp³-hybridized carbons (Fsp3) is 0.455. The van der Waals surface area contributed by atoms with Crippen LogP contribution in [0.2, 0.25) is 0 Å². The molecule has 4 aliphatic carbocycles. The van der Waals surface area contributed by atoms with Gasteiger partial charge in [0, 0.05) is 6.54 Å². The Morgan fingerprint density at radius 1 is 1.04 bits per heavy atom. The summed E-state index contributed by atoms with van der Waals surface area (Å²) >= 11 is 0. The number of Topliss-reactive ketones (excluding diaryl/α,β-unsaturated/α-hetero) is 1. The third-order valence-corrected chi connectivity index (χ3v) is 6.78. The molecule has 2 amide bonds. The number of imide groups is 1. The number of benzene rings is 1. The molecule has 6 nitrogen and oxygen atoms in total. The molecule has 6 atom stereocenters. The molecule has 2 bridgehead atoms. The van der Waals surface area contributed by atoms with Crippen LogP contribution in [0.4, 0.5) is 0 Å². The average Bonchev–Trinajstić information content (AvgIpc) is 3.46. The second kappa shape index (κ2) is 6.12. The highest BCUT2D eigenvalue weighted by atomic mass is 16.5. The summed E-state index contributed by atoms with van der Waals surface area (Å²) in [6.07, 6.45) is 5.29. The molecule has 5 aliphatic rings. The second-order valence-corrected chi connectivity index (χ2v) is 8.26. The first-order chi connectivity index (χ1) is 13.5. The maximum absolute atomic E-state index is 12.9. The SMILES string of the molecule is CC(=O)c1ccccc1OC(=O)CCN1C(=O)[C@@H]2[C@H]3C=C[C@@H]([C@@H]4C[C@@H]34)[C@H]2C1=O. The number of hydrogen-bond donors (Lipinski definition) is 0. The van der Waals surface area contributed by atoms with Crippen molar-refractivity contribution in [2.24, 2.45) is 35.5 Å². The van der Waals surface area contributed by atoms with Crippen LogP contribution in [0.3, 0.4) is 0 Å².